The van der Waals surface area contributed by atoms with Crippen molar-refractivity contribution >= 4 is 71.6 Å². The number of esters is 12. The van der Waals surface area contributed by atoms with Crippen LogP contribution >= 0.6 is 0 Å². The van der Waals surface area contributed by atoms with Crippen LogP contribution in [0, 0.1) is 0 Å². The molecule has 378 valence electrons. The Bertz CT molecular complexity index is 2740. The molecule has 0 amide bonds. The van der Waals surface area contributed by atoms with Gasteiger partial charge >= 0.3 is 71.6 Å². The molecular weight excluding hydrogens is 961 g/mol. The fourth-order valence-electron chi connectivity index (χ4n) is 6.62. The van der Waals surface area contributed by atoms with Crippen LogP contribution in [-0.4, -0.2) is 71.6 Å². The van der Waals surface area contributed by atoms with Crippen LogP contribution in [-0.2, 0) is 57.5 Å². The molecule has 24 heteroatoms. The number of benzene rings is 4. The quantitative estimate of drug-likeness (QED) is 0.100. The number of hydrogen-bond donors (Lipinski definition) is 0. The summed E-state index contributed by atoms with van der Waals surface area (Å²) in [7, 11) is 0. The minimum Gasteiger partial charge on any atom is -0.426 e. The maximum atomic E-state index is 13.5. The molecular formula is C48H42O24. The van der Waals surface area contributed by atoms with Crippen molar-refractivity contribution < 1.29 is 114 Å². The van der Waals surface area contributed by atoms with Gasteiger partial charge in [-0.25, -0.2) is 0 Å². The maximum absolute atomic E-state index is 13.5. The van der Waals surface area contributed by atoms with E-state index in [1.807, 2.05) is 0 Å². The molecule has 0 fully saturated rings. The highest BCUT2D eigenvalue weighted by molar-refractivity contribution is 6.05. The van der Waals surface area contributed by atoms with Crippen LogP contribution in [0.1, 0.15) is 83.1 Å². The molecule has 24 nitrogen and oxygen atoms in total. The first-order valence-electron chi connectivity index (χ1n) is 20.6. The van der Waals surface area contributed by atoms with Crippen LogP contribution < -0.4 is 56.8 Å². The van der Waals surface area contributed by atoms with Crippen LogP contribution in [0.4, 0.5) is 0 Å². The summed E-state index contributed by atoms with van der Waals surface area (Å²) in [6.07, 6.45) is 0. The van der Waals surface area contributed by atoms with E-state index in [9.17, 15) is 57.5 Å². The Morgan fingerprint density at radius 1 is 0.208 bits per heavy atom. The van der Waals surface area contributed by atoms with Gasteiger partial charge in [0.05, 0.1) is 33.4 Å². The number of carbonyl (C=O) groups excluding carboxylic acids is 12. The van der Waals surface area contributed by atoms with Crippen molar-refractivity contribution in [1.82, 2.24) is 0 Å². The predicted molar refractivity (Wildman–Crippen MR) is 238 cm³/mol. The lowest BCUT2D eigenvalue weighted by Gasteiger charge is -2.27. The van der Waals surface area contributed by atoms with E-state index >= 15 is 0 Å². The summed E-state index contributed by atoms with van der Waals surface area (Å²) in [4.78, 5) is 155. The molecule has 0 unspecified atom stereocenters. The standard InChI is InChI=1S/C48H42O24/c1-19(49)61-31-13-33(63-21(3)51)41(34(14-31)64-22(4)52)43-37(67-25(7)55)17-39(69-27(9)57)45(47(43)71-29(11)59)46-40(70-28(10)58)18-38(68-26(8)56)44(48(46)72-30(12)60)42-35(65-23(5)53)15-32(62-20(2)50)16-36(42)66-24(6)54/h13-18H,1-12H3. The second kappa shape index (κ2) is 23.2. The Labute approximate surface area is 407 Å². The Hall–Kier alpha value is -9.48. The molecule has 0 bridgehead atoms. The summed E-state index contributed by atoms with van der Waals surface area (Å²) in [5.74, 6) is -21.7. The first-order valence-corrected chi connectivity index (χ1v) is 20.6. The Morgan fingerprint density at radius 3 is 0.528 bits per heavy atom. The van der Waals surface area contributed by atoms with E-state index in [0.717, 1.165) is 119 Å². The van der Waals surface area contributed by atoms with E-state index in [2.05, 4.69) is 0 Å². The third kappa shape index (κ3) is 14.3. The van der Waals surface area contributed by atoms with E-state index in [1.54, 1.807) is 0 Å². The van der Waals surface area contributed by atoms with Gasteiger partial charge in [-0.05, 0) is 0 Å². The third-order valence-corrected chi connectivity index (χ3v) is 8.29. The normalized spacial score (nSPS) is 10.3. The minimum atomic E-state index is -1.25. The molecule has 0 spiro atoms. The zero-order valence-corrected chi connectivity index (χ0v) is 40.3. The smallest absolute Gasteiger partial charge is 0.308 e. The molecule has 0 aliphatic heterocycles. The van der Waals surface area contributed by atoms with Crippen molar-refractivity contribution in [2.45, 2.75) is 83.1 Å². The molecule has 72 heavy (non-hydrogen) atoms. The number of hydrogen-bond acceptors (Lipinski definition) is 24. The van der Waals surface area contributed by atoms with Gasteiger partial charge in [-0.15, -0.1) is 0 Å². The van der Waals surface area contributed by atoms with Gasteiger partial charge in [-0.3, -0.25) is 57.5 Å². The summed E-state index contributed by atoms with van der Waals surface area (Å²) in [5, 5.41) is 0. The number of rotatable bonds is 15. The SMILES string of the molecule is CC(=O)Oc1cc(OC(C)=O)c(-c2c(OC(C)=O)cc(OC(C)=O)c(-c3c(OC(C)=O)cc(OC(C)=O)c(-c4c(OC(C)=O)cc(OC(C)=O)cc4OC(C)=O)c3OC(C)=O)c2OC(C)=O)c(OC(C)=O)c1. The number of ether oxygens (including phenoxy) is 12. The lowest BCUT2D eigenvalue weighted by atomic mass is 9.89. The van der Waals surface area contributed by atoms with Crippen LogP contribution in [0.15, 0.2) is 36.4 Å². The summed E-state index contributed by atoms with van der Waals surface area (Å²) in [5.41, 5.74) is -4.27. The Balaban J connectivity index is 2.65. The highest BCUT2D eigenvalue weighted by Crippen LogP contribution is 2.62. The molecule has 0 heterocycles. The first-order chi connectivity index (χ1) is 33.6. The molecule has 0 aliphatic carbocycles. The monoisotopic (exact) mass is 1000 g/mol. The molecule has 4 aromatic rings. The van der Waals surface area contributed by atoms with Gasteiger partial charge in [0, 0.05) is 119 Å². The van der Waals surface area contributed by atoms with Gasteiger partial charge in [0.15, 0.2) is 11.5 Å². The predicted octanol–water partition coefficient (Wildman–Crippen LogP) is 5.79. The molecule has 4 aromatic carbocycles. The maximum Gasteiger partial charge on any atom is 0.308 e. The van der Waals surface area contributed by atoms with Crippen molar-refractivity contribution in [3.05, 3.63) is 36.4 Å². The molecule has 0 aliphatic rings. The molecule has 0 N–H and O–H groups in total. The van der Waals surface area contributed by atoms with E-state index < -0.39 is 174 Å². The topological polar surface area (TPSA) is 316 Å². The van der Waals surface area contributed by atoms with Gasteiger partial charge in [0.1, 0.15) is 57.5 Å². The van der Waals surface area contributed by atoms with E-state index in [0.29, 0.717) is 0 Å². The second-order valence-corrected chi connectivity index (χ2v) is 14.6. The largest absolute Gasteiger partial charge is 0.426 e. The summed E-state index contributed by atoms with van der Waals surface area (Å²) in [6.45, 7) is 11.0. The van der Waals surface area contributed by atoms with E-state index in [4.69, 9.17) is 56.8 Å². The van der Waals surface area contributed by atoms with Crippen molar-refractivity contribution in [1.29, 1.82) is 0 Å². The number of carbonyl (C=O) groups is 12. The average Bonchev–Trinajstić information content (AvgIpc) is 3.17. The van der Waals surface area contributed by atoms with Crippen LogP contribution in [0.2, 0.25) is 0 Å². The van der Waals surface area contributed by atoms with E-state index in [-0.39, 0.29) is 0 Å². The van der Waals surface area contributed by atoms with E-state index in [1.165, 1.54) is 0 Å². The fraction of sp³-hybridized carbons (Fsp3) is 0.250. The lowest BCUT2D eigenvalue weighted by Crippen LogP contribution is -2.15. The van der Waals surface area contributed by atoms with Gasteiger partial charge in [-0.2, -0.15) is 0 Å². The van der Waals surface area contributed by atoms with Crippen LogP contribution in [0.3, 0.4) is 0 Å². The molecule has 0 atom stereocenters. The Kier molecular flexibility index (Phi) is 17.8. The van der Waals surface area contributed by atoms with Gasteiger partial charge < -0.3 is 56.8 Å². The fourth-order valence-corrected chi connectivity index (χ4v) is 6.62. The van der Waals surface area contributed by atoms with Crippen molar-refractivity contribution in [3.8, 4) is 102 Å². The molecule has 0 radical (unpaired) electrons. The second-order valence-electron chi connectivity index (χ2n) is 14.6. The van der Waals surface area contributed by atoms with Crippen LogP contribution in [0.5, 0.6) is 69.0 Å². The third-order valence-electron chi connectivity index (χ3n) is 8.29. The van der Waals surface area contributed by atoms with Crippen LogP contribution in [0.25, 0.3) is 33.4 Å². The molecule has 0 saturated carbocycles. The minimum absolute atomic E-state index is 0.412. The highest BCUT2D eigenvalue weighted by atomic mass is 16.6. The van der Waals surface area contributed by atoms with Crippen molar-refractivity contribution in [2.75, 3.05) is 0 Å². The zero-order valence-electron chi connectivity index (χ0n) is 40.3. The zero-order chi connectivity index (χ0) is 54.0. The molecule has 4 rings (SSSR count). The average molecular weight is 1000 g/mol. The Morgan fingerprint density at radius 2 is 0.361 bits per heavy atom. The van der Waals surface area contributed by atoms with Gasteiger partial charge in [0.2, 0.25) is 0 Å². The highest BCUT2D eigenvalue weighted by Gasteiger charge is 2.39. The van der Waals surface area contributed by atoms with Gasteiger partial charge in [0.25, 0.3) is 0 Å². The van der Waals surface area contributed by atoms with Crippen molar-refractivity contribution in [2.24, 2.45) is 0 Å². The summed E-state index contributed by atoms with van der Waals surface area (Å²) >= 11 is 0. The lowest BCUT2D eigenvalue weighted by molar-refractivity contribution is -0.134. The van der Waals surface area contributed by atoms with Crippen molar-refractivity contribution in [3.63, 3.8) is 0 Å². The first kappa shape index (κ1) is 55.1. The molecule has 0 aromatic heterocycles. The summed E-state index contributed by atoms with van der Waals surface area (Å²) in [6, 6.07) is 5.37. The molecule has 0 saturated heterocycles. The summed E-state index contributed by atoms with van der Waals surface area (Å²) < 4.78 is 66.7. The van der Waals surface area contributed by atoms with Gasteiger partial charge in [-0.1, -0.05) is 0 Å².